The summed E-state index contributed by atoms with van der Waals surface area (Å²) >= 11 is 4.74. The Morgan fingerprint density at radius 3 is 2.60 bits per heavy atom. The first-order valence-electron chi connectivity index (χ1n) is 6.00. The molecule has 2 aromatic rings. The topological polar surface area (TPSA) is 20.2 Å². The maximum atomic E-state index is 13.9. The standard InChI is InChI=1S/C15H13BrF2OS/c1-9-6-7-11(17)14(15(9)18)12(19)8-20-13-5-3-2-4-10(13)16/h2-7,12,19H,8H2,1H3. The molecule has 0 bridgehead atoms. The highest BCUT2D eigenvalue weighted by Gasteiger charge is 2.20. The molecule has 0 aromatic heterocycles. The molecule has 1 unspecified atom stereocenters. The van der Waals surface area contributed by atoms with Crippen LogP contribution in [0.1, 0.15) is 17.2 Å². The third-order valence-corrected chi connectivity index (χ3v) is 4.99. The van der Waals surface area contributed by atoms with Gasteiger partial charge in [0, 0.05) is 15.1 Å². The van der Waals surface area contributed by atoms with Gasteiger partial charge < -0.3 is 5.11 Å². The van der Waals surface area contributed by atoms with E-state index in [0.717, 1.165) is 9.37 Å². The average Bonchev–Trinajstić information content (AvgIpc) is 2.42. The Morgan fingerprint density at radius 2 is 1.90 bits per heavy atom. The van der Waals surface area contributed by atoms with Gasteiger partial charge in [-0.3, -0.25) is 0 Å². The monoisotopic (exact) mass is 358 g/mol. The SMILES string of the molecule is Cc1ccc(F)c(C(O)CSc2ccccc2Br)c1F. The normalized spacial score (nSPS) is 12.4. The summed E-state index contributed by atoms with van der Waals surface area (Å²) in [6, 6.07) is 10.0. The van der Waals surface area contributed by atoms with Crippen molar-refractivity contribution in [2.24, 2.45) is 0 Å². The lowest BCUT2D eigenvalue weighted by Gasteiger charge is -2.14. The minimum absolute atomic E-state index is 0.180. The van der Waals surface area contributed by atoms with E-state index >= 15 is 0 Å². The molecule has 0 saturated heterocycles. The van der Waals surface area contributed by atoms with Crippen molar-refractivity contribution < 1.29 is 13.9 Å². The van der Waals surface area contributed by atoms with Crippen LogP contribution in [0.2, 0.25) is 0 Å². The van der Waals surface area contributed by atoms with Crippen LogP contribution in [0.5, 0.6) is 0 Å². The molecule has 0 saturated carbocycles. The van der Waals surface area contributed by atoms with Gasteiger partial charge in [0.25, 0.3) is 0 Å². The van der Waals surface area contributed by atoms with Crippen LogP contribution < -0.4 is 0 Å². The Bertz CT molecular complexity index is 619. The number of hydrogen-bond donors (Lipinski definition) is 1. The lowest BCUT2D eigenvalue weighted by atomic mass is 10.1. The second-order valence-electron chi connectivity index (χ2n) is 4.35. The van der Waals surface area contributed by atoms with Gasteiger partial charge in [-0.25, -0.2) is 8.78 Å². The number of hydrogen-bond acceptors (Lipinski definition) is 2. The van der Waals surface area contributed by atoms with Gasteiger partial charge in [-0.05, 0) is 46.6 Å². The molecule has 0 aliphatic carbocycles. The molecule has 0 aliphatic rings. The van der Waals surface area contributed by atoms with E-state index in [1.54, 1.807) is 6.92 Å². The molecule has 0 spiro atoms. The van der Waals surface area contributed by atoms with Gasteiger partial charge in [0.1, 0.15) is 11.6 Å². The first kappa shape index (κ1) is 15.5. The van der Waals surface area contributed by atoms with Crippen LogP contribution >= 0.6 is 27.7 Å². The van der Waals surface area contributed by atoms with E-state index < -0.39 is 17.7 Å². The van der Waals surface area contributed by atoms with Gasteiger partial charge in [0.15, 0.2) is 0 Å². The summed E-state index contributed by atoms with van der Waals surface area (Å²) in [5.74, 6) is -1.21. The summed E-state index contributed by atoms with van der Waals surface area (Å²) in [5, 5.41) is 10.0. The van der Waals surface area contributed by atoms with Gasteiger partial charge in [-0.15, -0.1) is 11.8 Å². The fourth-order valence-electron chi connectivity index (χ4n) is 1.80. The van der Waals surface area contributed by atoms with Gasteiger partial charge in [0.2, 0.25) is 0 Å². The quantitative estimate of drug-likeness (QED) is 0.787. The Hall–Kier alpha value is -0.910. The molecule has 5 heteroatoms. The zero-order valence-electron chi connectivity index (χ0n) is 10.7. The molecule has 2 aromatic carbocycles. The fourth-order valence-corrected chi connectivity index (χ4v) is 3.31. The van der Waals surface area contributed by atoms with E-state index in [4.69, 9.17) is 0 Å². The van der Waals surface area contributed by atoms with Crippen molar-refractivity contribution in [1.29, 1.82) is 0 Å². The molecule has 0 fully saturated rings. The first-order chi connectivity index (χ1) is 9.50. The largest absolute Gasteiger partial charge is 0.387 e. The highest BCUT2D eigenvalue weighted by atomic mass is 79.9. The molecule has 20 heavy (non-hydrogen) atoms. The third-order valence-electron chi connectivity index (χ3n) is 2.89. The van der Waals surface area contributed by atoms with Crippen LogP contribution in [0.25, 0.3) is 0 Å². The predicted molar refractivity (Wildman–Crippen MR) is 80.9 cm³/mol. The van der Waals surface area contributed by atoms with Gasteiger partial charge in [0.05, 0.1) is 11.7 Å². The van der Waals surface area contributed by atoms with E-state index in [1.165, 1.54) is 23.9 Å². The highest BCUT2D eigenvalue weighted by molar-refractivity contribution is 9.10. The Labute approximate surface area is 129 Å². The van der Waals surface area contributed by atoms with E-state index in [9.17, 15) is 13.9 Å². The minimum atomic E-state index is -1.19. The minimum Gasteiger partial charge on any atom is -0.387 e. The van der Waals surface area contributed by atoms with Gasteiger partial charge in [-0.2, -0.15) is 0 Å². The Morgan fingerprint density at radius 1 is 1.20 bits per heavy atom. The Balaban J connectivity index is 2.15. The van der Waals surface area contributed by atoms with Crippen LogP contribution in [0.4, 0.5) is 8.78 Å². The first-order valence-corrected chi connectivity index (χ1v) is 7.78. The zero-order valence-corrected chi connectivity index (χ0v) is 13.1. The number of aliphatic hydroxyl groups is 1. The third kappa shape index (κ3) is 3.40. The molecule has 0 amide bonds. The van der Waals surface area contributed by atoms with Crippen LogP contribution in [0.3, 0.4) is 0 Å². The van der Waals surface area contributed by atoms with Gasteiger partial charge >= 0.3 is 0 Å². The second kappa shape index (κ2) is 6.70. The summed E-state index contributed by atoms with van der Waals surface area (Å²) in [6.45, 7) is 1.55. The number of aliphatic hydroxyl groups excluding tert-OH is 1. The van der Waals surface area contributed by atoms with Crippen molar-refractivity contribution in [2.75, 3.05) is 5.75 Å². The maximum Gasteiger partial charge on any atom is 0.134 e. The molecule has 1 atom stereocenters. The average molecular weight is 359 g/mol. The molecule has 0 radical (unpaired) electrons. The van der Waals surface area contributed by atoms with Crippen molar-refractivity contribution in [3.63, 3.8) is 0 Å². The number of thioether (sulfide) groups is 1. The molecule has 0 aliphatic heterocycles. The van der Waals surface area contributed by atoms with E-state index in [0.29, 0.717) is 5.56 Å². The molecule has 2 rings (SSSR count). The van der Waals surface area contributed by atoms with Crippen molar-refractivity contribution in [2.45, 2.75) is 17.9 Å². The smallest absolute Gasteiger partial charge is 0.134 e. The lowest BCUT2D eigenvalue weighted by Crippen LogP contribution is -2.08. The summed E-state index contributed by atoms with van der Waals surface area (Å²) in [6.07, 6.45) is -1.19. The molecule has 1 nitrogen and oxygen atoms in total. The molecule has 1 N–H and O–H groups in total. The predicted octanol–water partition coefficient (Wildman–Crippen LogP) is 4.86. The van der Waals surface area contributed by atoms with Crippen molar-refractivity contribution in [3.8, 4) is 0 Å². The number of aryl methyl sites for hydroxylation is 1. The van der Waals surface area contributed by atoms with E-state index in [1.807, 2.05) is 24.3 Å². The number of halogens is 3. The Kier molecular flexibility index (Phi) is 5.18. The summed E-state index contributed by atoms with van der Waals surface area (Å²) in [4.78, 5) is 0.917. The zero-order chi connectivity index (χ0) is 14.7. The summed E-state index contributed by atoms with van der Waals surface area (Å²) in [5.41, 5.74) is 0.0656. The lowest BCUT2D eigenvalue weighted by molar-refractivity contribution is 0.193. The van der Waals surface area contributed by atoms with Crippen molar-refractivity contribution >= 4 is 27.7 Å². The summed E-state index contributed by atoms with van der Waals surface area (Å²) < 4.78 is 28.5. The summed E-state index contributed by atoms with van der Waals surface area (Å²) in [7, 11) is 0. The van der Waals surface area contributed by atoms with Crippen LogP contribution in [0.15, 0.2) is 45.8 Å². The fraction of sp³-hybridized carbons (Fsp3) is 0.200. The van der Waals surface area contributed by atoms with Gasteiger partial charge in [-0.1, -0.05) is 18.2 Å². The van der Waals surface area contributed by atoms with E-state index in [-0.39, 0.29) is 11.3 Å². The van der Waals surface area contributed by atoms with Crippen LogP contribution in [-0.2, 0) is 0 Å². The van der Waals surface area contributed by atoms with Crippen LogP contribution in [0, 0.1) is 18.6 Å². The highest BCUT2D eigenvalue weighted by Crippen LogP contribution is 2.32. The van der Waals surface area contributed by atoms with Crippen molar-refractivity contribution in [3.05, 3.63) is 63.6 Å². The number of rotatable bonds is 4. The second-order valence-corrected chi connectivity index (χ2v) is 6.27. The van der Waals surface area contributed by atoms with E-state index in [2.05, 4.69) is 15.9 Å². The maximum absolute atomic E-state index is 13.9. The van der Waals surface area contributed by atoms with Crippen LogP contribution in [-0.4, -0.2) is 10.9 Å². The molecular formula is C15H13BrF2OS. The number of benzene rings is 2. The molecule has 0 heterocycles. The van der Waals surface area contributed by atoms with Crippen molar-refractivity contribution in [1.82, 2.24) is 0 Å². The molecule has 106 valence electrons. The molecular weight excluding hydrogens is 346 g/mol.